The molecule has 1 atom stereocenters. The van der Waals surface area contributed by atoms with E-state index in [0.717, 1.165) is 17.8 Å². The molecule has 1 saturated heterocycles. The van der Waals surface area contributed by atoms with Gasteiger partial charge in [-0.25, -0.2) is 0 Å². The molecule has 6 heteroatoms. The van der Waals surface area contributed by atoms with Crippen LogP contribution in [0.3, 0.4) is 0 Å². The molecule has 0 saturated carbocycles. The number of nitrogens with zero attached hydrogens (tertiary/aromatic N) is 3. The van der Waals surface area contributed by atoms with Crippen molar-refractivity contribution in [2.24, 2.45) is 5.92 Å². The van der Waals surface area contributed by atoms with Crippen LogP contribution in [-0.4, -0.2) is 23.1 Å². The average Bonchev–Trinajstić information content (AvgIpc) is 2.95. The number of aromatic nitrogens is 1. The summed E-state index contributed by atoms with van der Waals surface area (Å²) in [5.74, 6) is 1.21. The van der Waals surface area contributed by atoms with Crippen molar-refractivity contribution in [1.82, 2.24) is 4.90 Å². The molecule has 3 rings (SSSR count). The Labute approximate surface area is 158 Å². The van der Waals surface area contributed by atoms with Gasteiger partial charge in [-0.1, -0.05) is 13.8 Å². The molecule has 1 unspecified atom stereocenters. The summed E-state index contributed by atoms with van der Waals surface area (Å²) in [6.45, 7) is 5.05. The molecule has 0 aliphatic carbocycles. The number of hydrogen-bond acceptors (Lipinski definition) is 3. The monoisotopic (exact) mass is 373 g/mol. The van der Waals surface area contributed by atoms with Crippen LogP contribution in [0.5, 0.6) is 0 Å². The van der Waals surface area contributed by atoms with Crippen LogP contribution < -0.4 is 17.0 Å². The van der Waals surface area contributed by atoms with E-state index in [0.29, 0.717) is 17.2 Å². The molecule has 25 heavy (non-hydrogen) atoms. The third-order valence-electron chi connectivity index (χ3n) is 3.93. The molecule has 2 aromatic rings. The van der Waals surface area contributed by atoms with Gasteiger partial charge in [-0.15, -0.1) is 11.8 Å². The Hall–Kier alpha value is -2.03. The first-order valence-corrected chi connectivity index (χ1v) is 9.06. The SMILES string of the molecule is CC(C)CN1C(=O)CSC1c1ccc[n+](-c2ccc(C#N)cc2)c1.[Cl-]. The van der Waals surface area contributed by atoms with Gasteiger partial charge in [-0.3, -0.25) is 4.79 Å². The van der Waals surface area contributed by atoms with Crippen molar-refractivity contribution in [1.29, 1.82) is 5.26 Å². The van der Waals surface area contributed by atoms with E-state index < -0.39 is 0 Å². The number of benzene rings is 1. The largest absolute Gasteiger partial charge is 1.00 e. The molecule has 130 valence electrons. The van der Waals surface area contributed by atoms with E-state index in [9.17, 15) is 4.79 Å². The summed E-state index contributed by atoms with van der Waals surface area (Å²) in [6, 6.07) is 13.7. The minimum absolute atomic E-state index is 0. The molecule has 4 nitrogen and oxygen atoms in total. The van der Waals surface area contributed by atoms with Crippen molar-refractivity contribution < 1.29 is 21.8 Å². The molecule has 1 aromatic heterocycles. The third kappa shape index (κ3) is 4.33. The second-order valence-corrected chi connectivity index (χ2v) is 7.38. The topological polar surface area (TPSA) is 48.0 Å². The zero-order valence-corrected chi connectivity index (χ0v) is 15.8. The van der Waals surface area contributed by atoms with Crippen LogP contribution in [0.1, 0.15) is 30.3 Å². The summed E-state index contributed by atoms with van der Waals surface area (Å²) in [5.41, 5.74) is 2.77. The fourth-order valence-corrected chi connectivity index (χ4v) is 4.01. The lowest BCUT2D eigenvalue weighted by molar-refractivity contribution is -0.596. The van der Waals surface area contributed by atoms with Gasteiger partial charge in [0.25, 0.3) is 0 Å². The minimum atomic E-state index is 0. The van der Waals surface area contributed by atoms with Crippen LogP contribution in [0.15, 0.2) is 48.8 Å². The highest BCUT2D eigenvalue weighted by molar-refractivity contribution is 8.00. The number of nitriles is 1. The van der Waals surface area contributed by atoms with Gasteiger partial charge < -0.3 is 17.3 Å². The van der Waals surface area contributed by atoms with Crippen LogP contribution in [0, 0.1) is 17.2 Å². The molecule has 0 radical (unpaired) electrons. The lowest BCUT2D eigenvalue weighted by Gasteiger charge is -2.25. The van der Waals surface area contributed by atoms with E-state index in [1.165, 1.54) is 0 Å². The third-order valence-corrected chi connectivity index (χ3v) is 5.19. The van der Waals surface area contributed by atoms with E-state index in [-0.39, 0.29) is 23.7 Å². The Morgan fingerprint density at radius 1 is 1.32 bits per heavy atom. The maximum atomic E-state index is 12.2. The number of amides is 1. The lowest BCUT2D eigenvalue weighted by Crippen LogP contribution is -3.00. The van der Waals surface area contributed by atoms with Gasteiger partial charge in [-0.05, 0) is 24.1 Å². The molecule has 1 amide bonds. The Balaban J connectivity index is 0.00000225. The van der Waals surface area contributed by atoms with Crippen molar-refractivity contribution in [3.63, 3.8) is 0 Å². The number of rotatable bonds is 4. The van der Waals surface area contributed by atoms with E-state index in [1.54, 1.807) is 11.8 Å². The Morgan fingerprint density at radius 2 is 2.04 bits per heavy atom. The van der Waals surface area contributed by atoms with Crippen molar-refractivity contribution in [3.8, 4) is 11.8 Å². The quantitative estimate of drug-likeness (QED) is 0.713. The van der Waals surface area contributed by atoms with Gasteiger partial charge in [0, 0.05) is 30.3 Å². The molecular weight excluding hydrogens is 354 g/mol. The maximum Gasteiger partial charge on any atom is 0.233 e. The zero-order chi connectivity index (χ0) is 17.1. The highest BCUT2D eigenvalue weighted by Gasteiger charge is 2.34. The summed E-state index contributed by atoms with van der Waals surface area (Å²) < 4.78 is 2.04. The van der Waals surface area contributed by atoms with Crippen LogP contribution >= 0.6 is 11.8 Å². The van der Waals surface area contributed by atoms with E-state index in [1.807, 2.05) is 46.0 Å². The normalized spacial score (nSPS) is 16.6. The van der Waals surface area contributed by atoms with Crippen LogP contribution in [0.4, 0.5) is 0 Å². The van der Waals surface area contributed by atoms with E-state index in [4.69, 9.17) is 5.26 Å². The molecule has 0 spiro atoms. The molecular formula is C19H20ClN3OS. The van der Waals surface area contributed by atoms with Gasteiger partial charge in [0.1, 0.15) is 5.37 Å². The zero-order valence-electron chi connectivity index (χ0n) is 14.2. The molecule has 1 aliphatic heterocycles. The standard InChI is InChI=1S/C19H20N3OS.ClH/c1-14(2)11-22-18(23)13-24-19(22)16-4-3-9-21(12-16)17-7-5-15(10-20)6-8-17;/h3-9,12,14,19H,11,13H2,1-2H3;1H/q+1;/p-1. The first-order valence-electron chi connectivity index (χ1n) is 8.01. The number of thioether (sulfide) groups is 1. The van der Waals surface area contributed by atoms with Gasteiger partial charge in [0.05, 0.1) is 17.4 Å². The first kappa shape index (κ1) is 19.3. The minimum Gasteiger partial charge on any atom is -1.00 e. The highest BCUT2D eigenvalue weighted by atomic mass is 35.5. The van der Waals surface area contributed by atoms with Gasteiger partial charge >= 0.3 is 0 Å². The van der Waals surface area contributed by atoms with Gasteiger partial charge in [-0.2, -0.15) is 9.83 Å². The summed E-state index contributed by atoms with van der Waals surface area (Å²) >= 11 is 1.68. The average molecular weight is 374 g/mol. The number of pyridine rings is 1. The van der Waals surface area contributed by atoms with Crippen LogP contribution in [0.25, 0.3) is 5.69 Å². The smallest absolute Gasteiger partial charge is 0.233 e. The van der Waals surface area contributed by atoms with Crippen LogP contribution in [0.2, 0.25) is 0 Å². The van der Waals surface area contributed by atoms with Crippen LogP contribution in [-0.2, 0) is 4.79 Å². The van der Waals surface area contributed by atoms with Crippen molar-refractivity contribution >= 4 is 17.7 Å². The van der Waals surface area contributed by atoms with Crippen molar-refractivity contribution in [3.05, 3.63) is 59.9 Å². The summed E-state index contributed by atoms with van der Waals surface area (Å²) in [4.78, 5) is 14.2. The van der Waals surface area contributed by atoms with Gasteiger partial charge in [0.2, 0.25) is 11.6 Å². The number of carbonyl (C=O) groups excluding carboxylic acids is 1. The number of carbonyl (C=O) groups is 1. The Bertz CT molecular complexity index is 786. The number of hydrogen-bond donors (Lipinski definition) is 0. The molecule has 2 heterocycles. The first-order chi connectivity index (χ1) is 11.6. The maximum absolute atomic E-state index is 12.2. The Morgan fingerprint density at radius 3 is 2.68 bits per heavy atom. The fraction of sp³-hybridized carbons (Fsp3) is 0.316. The highest BCUT2D eigenvalue weighted by Crippen LogP contribution is 2.38. The lowest BCUT2D eigenvalue weighted by atomic mass is 10.1. The molecule has 1 fully saturated rings. The predicted molar refractivity (Wildman–Crippen MR) is 94.4 cm³/mol. The summed E-state index contributed by atoms with van der Waals surface area (Å²) in [7, 11) is 0. The predicted octanol–water partition coefficient (Wildman–Crippen LogP) is 0.0690. The second kappa shape index (κ2) is 8.37. The Kier molecular flexibility index (Phi) is 6.46. The molecule has 0 bridgehead atoms. The second-order valence-electron chi connectivity index (χ2n) is 6.31. The van der Waals surface area contributed by atoms with E-state index >= 15 is 0 Å². The van der Waals surface area contributed by atoms with Crippen molar-refractivity contribution in [2.45, 2.75) is 19.2 Å². The van der Waals surface area contributed by atoms with Gasteiger partial charge in [0.15, 0.2) is 12.4 Å². The summed E-state index contributed by atoms with van der Waals surface area (Å²) in [6.07, 6.45) is 4.06. The molecule has 0 N–H and O–H groups in total. The van der Waals surface area contributed by atoms with E-state index in [2.05, 4.69) is 32.2 Å². The summed E-state index contributed by atoms with van der Waals surface area (Å²) in [5, 5.41) is 8.99. The fourth-order valence-electron chi connectivity index (χ4n) is 2.83. The van der Waals surface area contributed by atoms with Crippen molar-refractivity contribution in [2.75, 3.05) is 12.3 Å². The molecule has 1 aromatic carbocycles. The molecule has 1 aliphatic rings. The number of halogens is 1.